The second-order valence-electron chi connectivity index (χ2n) is 5.29. The van der Waals surface area contributed by atoms with Crippen LogP contribution in [0.15, 0.2) is 42.5 Å². The molecule has 0 spiro atoms. The van der Waals surface area contributed by atoms with Gasteiger partial charge in [0.25, 0.3) is 0 Å². The van der Waals surface area contributed by atoms with Gasteiger partial charge >= 0.3 is 6.61 Å². The molecule has 2 aromatic carbocycles. The van der Waals surface area contributed by atoms with Crippen LogP contribution in [0.1, 0.15) is 22.8 Å². The standard InChI is InChI=1S/C20H20F2O5/c1-4-26-16-9-6-13(11-18(16)24-2)5-8-15(23)14-7-10-17(27-20(21)22)19(12-14)25-3/h5-12,20H,4H2,1-3H3/b8-5+. The van der Waals surface area contributed by atoms with Crippen molar-refractivity contribution in [3.8, 4) is 23.0 Å². The lowest BCUT2D eigenvalue weighted by atomic mass is 10.1. The van der Waals surface area contributed by atoms with Crippen LogP contribution in [0.4, 0.5) is 8.78 Å². The quantitative estimate of drug-likeness (QED) is 0.472. The summed E-state index contributed by atoms with van der Waals surface area (Å²) in [5, 5.41) is 0. The molecule has 0 aromatic heterocycles. The van der Waals surface area contributed by atoms with Crippen LogP contribution in [0.3, 0.4) is 0 Å². The van der Waals surface area contributed by atoms with E-state index in [1.165, 1.54) is 38.5 Å². The van der Waals surface area contributed by atoms with Crippen molar-refractivity contribution < 1.29 is 32.5 Å². The predicted octanol–water partition coefficient (Wildman–Crippen LogP) is 4.60. The molecule has 2 aromatic rings. The molecule has 0 unspecified atom stereocenters. The van der Waals surface area contributed by atoms with Crippen LogP contribution in [0.5, 0.6) is 23.0 Å². The first-order valence-corrected chi connectivity index (χ1v) is 8.14. The highest BCUT2D eigenvalue weighted by Gasteiger charge is 2.13. The van der Waals surface area contributed by atoms with E-state index in [-0.39, 0.29) is 22.8 Å². The van der Waals surface area contributed by atoms with Gasteiger partial charge < -0.3 is 18.9 Å². The number of carbonyl (C=O) groups excluding carboxylic acids is 1. The molecule has 0 heterocycles. The van der Waals surface area contributed by atoms with Gasteiger partial charge in [-0.15, -0.1) is 0 Å². The summed E-state index contributed by atoms with van der Waals surface area (Å²) < 4.78 is 44.8. The Morgan fingerprint density at radius 1 is 1.00 bits per heavy atom. The topological polar surface area (TPSA) is 54.0 Å². The fourth-order valence-corrected chi connectivity index (χ4v) is 2.34. The zero-order valence-corrected chi connectivity index (χ0v) is 15.2. The number of ether oxygens (including phenoxy) is 4. The fraction of sp³-hybridized carbons (Fsp3) is 0.250. The summed E-state index contributed by atoms with van der Waals surface area (Å²) >= 11 is 0. The van der Waals surface area contributed by atoms with Crippen molar-refractivity contribution in [1.82, 2.24) is 0 Å². The number of benzene rings is 2. The molecule has 0 saturated carbocycles. The molecule has 0 aliphatic rings. The zero-order valence-electron chi connectivity index (χ0n) is 15.2. The van der Waals surface area contributed by atoms with Crippen LogP contribution >= 0.6 is 0 Å². The van der Waals surface area contributed by atoms with Gasteiger partial charge in [0.15, 0.2) is 28.8 Å². The first-order chi connectivity index (χ1) is 13.0. The molecular formula is C20H20F2O5. The van der Waals surface area contributed by atoms with E-state index >= 15 is 0 Å². The molecule has 7 heteroatoms. The van der Waals surface area contributed by atoms with Crippen LogP contribution < -0.4 is 18.9 Å². The van der Waals surface area contributed by atoms with Gasteiger partial charge in [-0.3, -0.25) is 4.79 Å². The number of ketones is 1. The van der Waals surface area contributed by atoms with Crippen molar-refractivity contribution >= 4 is 11.9 Å². The lowest BCUT2D eigenvalue weighted by Crippen LogP contribution is -2.04. The van der Waals surface area contributed by atoms with E-state index in [0.717, 1.165) is 5.56 Å². The number of carbonyl (C=O) groups is 1. The second kappa shape index (κ2) is 9.56. The Kier molecular flexibility index (Phi) is 7.16. The molecule has 0 bridgehead atoms. The third kappa shape index (κ3) is 5.44. The van der Waals surface area contributed by atoms with E-state index in [2.05, 4.69) is 4.74 Å². The number of halogens is 2. The minimum Gasteiger partial charge on any atom is -0.493 e. The highest BCUT2D eigenvalue weighted by Crippen LogP contribution is 2.30. The Morgan fingerprint density at radius 2 is 1.67 bits per heavy atom. The largest absolute Gasteiger partial charge is 0.493 e. The van der Waals surface area contributed by atoms with Crippen LogP contribution in [0.2, 0.25) is 0 Å². The Hall–Kier alpha value is -3.09. The highest BCUT2D eigenvalue weighted by molar-refractivity contribution is 6.07. The predicted molar refractivity (Wildman–Crippen MR) is 97.2 cm³/mol. The van der Waals surface area contributed by atoms with Gasteiger partial charge in [0.2, 0.25) is 0 Å². The van der Waals surface area contributed by atoms with Crippen molar-refractivity contribution in [1.29, 1.82) is 0 Å². The van der Waals surface area contributed by atoms with Gasteiger partial charge in [-0.2, -0.15) is 8.78 Å². The molecule has 0 aliphatic heterocycles. The van der Waals surface area contributed by atoms with E-state index in [1.54, 1.807) is 24.3 Å². The Labute approximate surface area is 156 Å². The molecule has 0 fully saturated rings. The summed E-state index contributed by atoms with van der Waals surface area (Å²) in [4.78, 5) is 12.4. The lowest BCUT2D eigenvalue weighted by Gasteiger charge is -2.10. The van der Waals surface area contributed by atoms with Crippen molar-refractivity contribution in [3.05, 3.63) is 53.6 Å². The van der Waals surface area contributed by atoms with Gasteiger partial charge in [-0.05, 0) is 48.9 Å². The molecule has 0 atom stereocenters. The number of hydrogen-bond donors (Lipinski definition) is 0. The average Bonchev–Trinajstić information content (AvgIpc) is 2.66. The number of allylic oxidation sites excluding steroid dienone is 1. The highest BCUT2D eigenvalue weighted by atomic mass is 19.3. The van der Waals surface area contributed by atoms with Crippen LogP contribution in [-0.2, 0) is 0 Å². The summed E-state index contributed by atoms with van der Waals surface area (Å²) in [5.74, 6) is 0.774. The maximum Gasteiger partial charge on any atom is 0.387 e. The summed E-state index contributed by atoms with van der Waals surface area (Å²) in [6, 6.07) is 9.30. The SMILES string of the molecule is CCOc1ccc(/C=C/C(=O)c2ccc(OC(F)F)c(OC)c2)cc1OC. The summed E-state index contributed by atoms with van der Waals surface area (Å²) in [5.41, 5.74) is 1.02. The lowest BCUT2D eigenvalue weighted by molar-refractivity contribution is -0.0512. The molecular weight excluding hydrogens is 358 g/mol. The zero-order chi connectivity index (χ0) is 19.8. The molecule has 0 aliphatic carbocycles. The molecule has 0 amide bonds. The van der Waals surface area contributed by atoms with Crippen molar-refractivity contribution in [3.63, 3.8) is 0 Å². The van der Waals surface area contributed by atoms with Crippen LogP contribution in [0, 0.1) is 0 Å². The maximum atomic E-state index is 12.4. The van der Waals surface area contributed by atoms with E-state index in [9.17, 15) is 13.6 Å². The third-order valence-corrected chi connectivity index (χ3v) is 3.58. The van der Waals surface area contributed by atoms with Crippen molar-refractivity contribution in [2.45, 2.75) is 13.5 Å². The van der Waals surface area contributed by atoms with E-state index in [1.807, 2.05) is 6.92 Å². The number of rotatable bonds is 9. The van der Waals surface area contributed by atoms with E-state index in [4.69, 9.17) is 14.2 Å². The molecule has 27 heavy (non-hydrogen) atoms. The Balaban J connectivity index is 2.19. The number of hydrogen-bond acceptors (Lipinski definition) is 5. The van der Waals surface area contributed by atoms with E-state index < -0.39 is 6.61 Å². The third-order valence-electron chi connectivity index (χ3n) is 3.58. The molecule has 144 valence electrons. The average molecular weight is 378 g/mol. The van der Waals surface area contributed by atoms with E-state index in [0.29, 0.717) is 18.1 Å². The first kappa shape index (κ1) is 20.2. The van der Waals surface area contributed by atoms with Crippen LogP contribution in [0.25, 0.3) is 6.08 Å². The monoisotopic (exact) mass is 378 g/mol. The maximum absolute atomic E-state index is 12.4. The molecule has 2 rings (SSSR count). The van der Waals surface area contributed by atoms with Gasteiger partial charge in [-0.25, -0.2) is 0 Å². The Bertz CT molecular complexity index is 818. The summed E-state index contributed by atoms with van der Waals surface area (Å²) in [6.07, 6.45) is 2.99. The summed E-state index contributed by atoms with van der Waals surface area (Å²) in [6.45, 7) is -0.593. The summed E-state index contributed by atoms with van der Waals surface area (Å²) in [7, 11) is 2.84. The molecule has 0 radical (unpaired) electrons. The normalized spacial score (nSPS) is 10.9. The molecule has 0 saturated heterocycles. The first-order valence-electron chi connectivity index (χ1n) is 8.14. The van der Waals surface area contributed by atoms with Gasteiger partial charge in [-0.1, -0.05) is 12.1 Å². The molecule has 5 nitrogen and oxygen atoms in total. The van der Waals surface area contributed by atoms with Gasteiger partial charge in [0.1, 0.15) is 0 Å². The van der Waals surface area contributed by atoms with Crippen molar-refractivity contribution in [2.24, 2.45) is 0 Å². The number of alkyl halides is 2. The minimum absolute atomic E-state index is 0.0530. The fourth-order valence-electron chi connectivity index (χ4n) is 2.34. The van der Waals surface area contributed by atoms with Crippen molar-refractivity contribution in [2.75, 3.05) is 20.8 Å². The number of methoxy groups -OCH3 is 2. The second-order valence-corrected chi connectivity index (χ2v) is 5.29. The van der Waals surface area contributed by atoms with Gasteiger partial charge in [0, 0.05) is 5.56 Å². The molecule has 0 N–H and O–H groups in total. The van der Waals surface area contributed by atoms with Crippen LogP contribution in [-0.4, -0.2) is 33.2 Å². The Morgan fingerprint density at radius 3 is 2.30 bits per heavy atom. The minimum atomic E-state index is -2.98. The van der Waals surface area contributed by atoms with Gasteiger partial charge in [0.05, 0.1) is 20.8 Å². The smallest absolute Gasteiger partial charge is 0.387 e.